The van der Waals surface area contributed by atoms with Gasteiger partial charge in [0.25, 0.3) is 10.7 Å². The van der Waals surface area contributed by atoms with Crippen LogP contribution in [-0.4, -0.2) is 31.0 Å². The third kappa shape index (κ3) is 4.42. The van der Waals surface area contributed by atoms with E-state index in [0.29, 0.717) is 0 Å². The predicted octanol–water partition coefficient (Wildman–Crippen LogP) is 2.36. The molecule has 0 aromatic heterocycles. The summed E-state index contributed by atoms with van der Waals surface area (Å²) in [4.78, 5) is 22.0. The van der Waals surface area contributed by atoms with Crippen molar-refractivity contribution in [1.29, 1.82) is 0 Å². The summed E-state index contributed by atoms with van der Waals surface area (Å²) in [5, 5.41) is 13.5. The van der Waals surface area contributed by atoms with Gasteiger partial charge >= 0.3 is 5.97 Å². The van der Waals surface area contributed by atoms with E-state index in [-0.39, 0.29) is 22.9 Å². The van der Waals surface area contributed by atoms with Crippen molar-refractivity contribution in [3.05, 3.63) is 64.7 Å². The van der Waals surface area contributed by atoms with Crippen molar-refractivity contribution in [3.63, 3.8) is 0 Å². The number of ether oxygens (including phenoxy) is 1. The van der Waals surface area contributed by atoms with Crippen LogP contribution in [0.1, 0.15) is 6.92 Å². The summed E-state index contributed by atoms with van der Waals surface area (Å²) in [7, 11) is -4.21. The molecule has 0 heterocycles. The van der Waals surface area contributed by atoms with Crippen molar-refractivity contribution >= 4 is 32.2 Å². The minimum Gasteiger partial charge on any atom is -0.461 e. The van der Waals surface area contributed by atoms with Gasteiger partial charge in [-0.3, -0.25) is 15.5 Å². The molecule has 0 bridgehead atoms. The first-order chi connectivity index (χ1) is 12.4. The third-order valence-electron chi connectivity index (χ3n) is 3.12. The van der Waals surface area contributed by atoms with E-state index >= 15 is 0 Å². The van der Waals surface area contributed by atoms with Crippen LogP contribution in [0.25, 0.3) is 0 Å². The van der Waals surface area contributed by atoms with Crippen molar-refractivity contribution in [2.45, 2.75) is 11.8 Å². The quantitative estimate of drug-likeness (QED) is 0.278. The van der Waals surface area contributed by atoms with E-state index in [1.54, 1.807) is 6.07 Å². The van der Waals surface area contributed by atoms with Crippen LogP contribution in [0.4, 0.5) is 11.4 Å². The summed E-state index contributed by atoms with van der Waals surface area (Å²) in [5.41, 5.74) is 2.54. The number of sulfone groups is 1. The number of carbonyl (C=O) groups excluding carboxylic acids is 1. The fourth-order valence-electron chi connectivity index (χ4n) is 1.89. The zero-order valence-corrected chi connectivity index (χ0v) is 14.5. The first kappa shape index (κ1) is 19.1. The van der Waals surface area contributed by atoms with E-state index in [0.717, 1.165) is 0 Å². The van der Waals surface area contributed by atoms with Gasteiger partial charge in [-0.25, -0.2) is 13.2 Å². The van der Waals surface area contributed by atoms with E-state index < -0.39 is 25.8 Å². The predicted molar refractivity (Wildman–Crippen MR) is 94.4 cm³/mol. The van der Waals surface area contributed by atoms with E-state index in [9.17, 15) is 23.3 Å². The zero-order valence-electron chi connectivity index (χ0n) is 13.7. The van der Waals surface area contributed by atoms with Gasteiger partial charge in [0.1, 0.15) is 0 Å². The van der Waals surface area contributed by atoms with Crippen molar-refractivity contribution in [3.8, 4) is 0 Å². The van der Waals surface area contributed by atoms with Gasteiger partial charge in [0.2, 0.25) is 9.84 Å². The molecule has 10 heteroatoms. The first-order valence-corrected chi connectivity index (χ1v) is 8.90. The lowest BCUT2D eigenvalue weighted by Crippen LogP contribution is -2.28. The standard InChI is InChI=1S/C16H15N3O6S/c1-2-25-16(20)15(26(23,24)14-6-4-3-5-7-14)18-17-12-8-10-13(11-9-12)19(21)22/h3-11,17H,2H2,1H3/b18-15-. The number of benzene rings is 2. The first-order valence-electron chi connectivity index (χ1n) is 7.41. The zero-order chi connectivity index (χ0) is 19.2. The van der Waals surface area contributed by atoms with Gasteiger partial charge in [0.05, 0.1) is 22.1 Å². The Morgan fingerprint density at radius 1 is 1.15 bits per heavy atom. The van der Waals surface area contributed by atoms with Crippen molar-refractivity contribution in [2.24, 2.45) is 5.10 Å². The molecule has 2 aromatic carbocycles. The number of rotatable bonds is 5. The molecule has 0 saturated carbocycles. The lowest BCUT2D eigenvalue weighted by molar-refractivity contribution is -0.384. The molecular weight excluding hydrogens is 362 g/mol. The van der Waals surface area contributed by atoms with Gasteiger partial charge in [-0.15, -0.1) is 0 Å². The second-order valence-corrected chi connectivity index (χ2v) is 6.73. The number of nitrogens with one attached hydrogen (secondary N) is 1. The Hall–Kier alpha value is -3.27. The second kappa shape index (κ2) is 8.21. The molecule has 2 aromatic rings. The van der Waals surface area contributed by atoms with Crippen LogP contribution < -0.4 is 5.43 Å². The third-order valence-corrected chi connectivity index (χ3v) is 4.78. The van der Waals surface area contributed by atoms with Crippen LogP contribution in [0.5, 0.6) is 0 Å². The minimum absolute atomic E-state index is 0.0281. The van der Waals surface area contributed by atoms with E-state index in [1.165, 1.54) is 55.5 Å². The average molecular weight is 377 g/mol. The molecule has 1 N–H and O–H groups in total. The second-order valence-electron chi connectivity index (χ2n) is 4.87. The number of carbonyl (C=O) groups is 1. The lowest BCUT2D eigenvalue weighted by Gasteiger charge is -2.08. The maximum atomic E-state index is 12.7. The normalized spacial score (nSPS) is 11.7. The highest BCUT2D eigenvalue weighted by atomic mass is 32.2. The molecule has 26 heavy (non-hydrogen) atoms. The number of anilines is 1. The van der Waals surface area contributed by atoms with Crippen LogP contribution in [0.2, 0.25) is 0 Å². The summed E-state index contributed by atoms with van der Waals surface area (Å²) in [6.07, 6.45) is 0. The van der Waals surface area contributed by atoms with Crippen LogP contribution in [-0.2, 0) is 19.4 Å². The van der Waals surface area contributed by atoms with Gasteiger partial charge in [-0.05, 0) is 31.2 Å². The molecule has 2 rings (SSSR count). The number of nitro groups is 1. The smallest absolute Gasteiger partial charge is 0.371 e. The Balaban J connectivity index is 2.37. The molecule has 0 radical (unpaired) electrons. The number of hydrogen-bond acceptors (Lipinski definition) is 8. The Kier molecular flexibility index (Phi) is 6.02. The van der Waals surface area contributed by atoms with Gasteiger partial charge in [-0.1, -0.05) is 18.2 Å². The summed E-state index contributed by atoms with van der Waals surface area (Å²) < 4.78 is 30.1. The molecule has 0 unspecified atom stereocenters. The van der Waals surface area contributed by atoms with Gasteiger partial charge in [0.15, 0.2) is 0 Å². The molecule has 136 valence electrons. The molecule has 0 fully saturated rings. The number of nitro benzene ring substituents is 1. The van der Waals surface area contributed by atoms with E-state index in [1.807, 2.05) is 0 Å². The molecule has 0 saturated heterocycles. The highest BCUT2D eigenvalue weighted by molar-refractivity contribution is 8.08. The van der Waals surface area contributed by atoms with Gasteiger partial charge in [0, 0.05) is 12.1 Å². The van der Waals surface area contributed by atoms with E-state index in [2.05, 4.69) is 10.5 Å². The number of nitrogens with zero attached hydrogens (tertiary/aromatic N) is 2. The lowest BCUT2D eigenvalue weighted by atomic mass is 10.3. The highest BCUT2D eigenvalue weighted by Crippen LogP contribution is 2.17. The summed E-state index contributed by atoms with van der Waals surface area (Å²) in [6, 6.07) is 12.4. The molecule has 9 nitrogen and oxygen atoms in total. The van der Waals surface area contributed by atoms with Gasteiger partial charge in [-0.2, -0.15) is 5.10 Å². The fourth-order valence-corrected chi connectivity index (χ4v) is 3.08. The molecule has 0 spiro atoms. The maximum absolute atomic E-state index is 12.7. The van der Waals surface area contributed by atoms with E-state index in [4.69, 9.17) is 4.74 Å². The van der Waals surface area contributed by atoms with Crippen LogP contribution >= 0.6 is 0 Å². The van der Waals surface area contributed by atoms with Crippen molar-refractivity contribution in [1.82, 2.24) is 0 Å². The Morgan fingerprint density at radius 3 is 2.31 bits per heavy atom. The Bertz CT molecular complexity index is 924. The molecule has 0 aliphatic heterocycles. The van der Waals surface area contributed by atoms with Crippen molar-refractivity contribution in [2.75, 3.05) is 12.0 Å². The SMILES string of the molecule is CCOC(=O)/C(=N/Nc1ccc([N+](=O)[O-])cc1)S(=O)(=O)c1ccccc1. The number of hydrazone groups is 1. The molecule has 0 amide bonds. The van der Waals surface area contributed by atoms with Crippen LogP contribution in [0, 0.1) is 10.1 Å². The summed E-state index contributed by atoms with van der Waals surface area (Å²) in [5.74, 6) is -1.11. The Labute approximate surface area is 149 Å². The molecule has 0 aliphatic rings. The molecule has 0 aliphatic carbocycles. The van der Waals surface area contributed by atoms with Crippen molar-refractivity contribution < 1.29 is 22.9 Å². The highest BCUT2D eigenvalue weighted by Gasteiger charge is 2.30. The number of hydrogen-bond donors (Lipinski definition) is 1. The summed E-state index contributed by atoms with van der Waals surface area (Å²) >= 11 is 0. The largest absolute Gasteiger partial charge is 0.461 e. The summed E-state index contributed by atoms with van der Waals surface area (Å²) in [6.45, 7) is 1.51. The average Bonchev–Trinajstić information content (AvgIpc) is 2.63. The molecule has 0 atom stereocenters. The number of esters is 1. The van der Waals surface area contributed by atoms with Crippen LogP contribution in [0.3, 0.4) is 0 Å². The Morgan fingerprint density at radius 2 is 1.77 bits per heavy atom. The fraction of sp³-hybridized carbons (Fsp3) is 0.125. The maximum Gasteiger partial charge on any atom is 0.371 e. The van der Waals surface area contributed by atoms with Gasteiger partial charge < -0.3 is 4.74 Å². The monoisotopic (exact) mass is 377 g/mol. The molecular formula is C16H15N3O6S. The topological polar surface area (TPSA) is 128 Å². The number of non-ortho nitro benzene ring substituents is 1. The van der Waals surface area contributed by atoms with Crippen LogP contribution in [0.15, 0.2) is 64.6 Å². The minimum atomic E-state index is -4.21.